The lowest BCUT2D eigenvalue weighted by atomic mass is 10.1. The molecule has 1 aromatic carbocycles. The van der Waals surface area contributed by atoms with Crippen molar-refractivity contribution in [2.45, 2.75) is 32.9 Å². The van der Waals surface area contributed by atoms with Crippen LogP contribution < -0.4 is 14.8 Å². The van der Waals surface area contributed by atoms with Gasteiger partial charge < -0.3 is 14.8 Å². The first-order chi connectivity index (χ1) is 10.1. The zero-order chi connectivity index (χ0) is 15.2. The summed E-state index contributed by atoms with van der Waals surface area (Å²) in [5.41, 5.74) is 1.16. The van der Waals surface area contributed by atoms with Gasteiger partial charge in [-0.25, -0.2) is 0 Å². The molecule has 0 saturated carbocycles. The second kappa shape index (κ2) is 7.87. The molecule has 1 saturated heterocycles. The van der Waals surface area contributed by atoms with E-state index in [1.807, 2.05) is 12.1 Å². The molecule has 21 heavy (non-hydrogen) atoms. The van der Waals surface area contributed by atoms with Crippen molar-refractivity contribution in [1.82, 2.24) is 10.2 Å². The Bertz CT molecular complexity index is 468. The van der Waals surface area contributed by atoms with Crippen LogP contribution in [0, 0.1) is 0 Å². The van der Waals surface area contributed by atoms with Crippen LogP contribution in [0.3, 0.4) is 0 Å². The Labute approximate surface area is 132 Å². The largest absolute Gasteiger partial charge is 0.493 e. The van der Waals surface area contributed by atoms with Crippen molar-refractivity contribution in [2.24, 2.45) is 0 Å². The van der Waals surface area contributed by atoms with Crippen LogP contribution in [0.15, 0.2) is 12.1 Å². The zero-order valence-corrected chi connectivity index (χ0v) is 13.9. The minimum Gasteiger partial charge on any atom is -0.493 e. The fourth-order valence-electron chi connectivity index (χ4n) is 2.62. The molecule has 1 heterocycles. The smallest absolute Gasteiger partial charge is 0.179 e. The molecular formula is C16H25ClN2O2. The van der Waals surface area contributed by atoms with E-state index in [4.69, 9.17) is 21.1 Å². The molecule has 4 nitrogen and oxygen atoms in total. The predicted octanol–water partition coefficient (Wildman–Crippen LogP) is 2.93. The number of benzene rings is 1. The first-order valence-corrected chi connectivity index (χ1v) is 7.96. The van der Waals surface area contributed by atoms with Crippen molar-refractivity contribution in [3.8, 4) is 11.5 Å². The van der Waals surface area contributed by atoms with Crippen molar-refractivity contribution >= 4 is 11.6 Å². The molecule has 1 N–H and O–H groups in total. The standard InChI is InChI=1S/C16H25ClN2O2/c1-4-7-21-16-14(17)8-13(9-15(16)20-3)11-19-6-5-18-12(2)10-19/h8-9,12,18H,4-7,10-11H2,1-3H3. The Morgan fingerprint density at radius 1 is 1.43 bits per heavy atom. The first kappa shape index (κ1) is 16.4. The van der Waals surface area contributed by atoms with Gasteiger partial charge in [-0.05, 0) is 31.0 Å². The third kappa shape index (κ3) is 4.50. The number of piperazine rings is 1. The van der Waals surface area contributed by atoms with Gasteiger partial charge >= 0.3 is 0 Å². The number of nitrogens with zero attached hydrogens (tertiary/aromatic N) is 1. The van der Waals surface area contributed by atoms with E-state index in [9.17, 15) is 0 Å². The highest BCUT2D eigenvalue weighted by atomic mass is 35.5. The molecule has 2 rings (SSSR count). The fourth-order valence-corrected chi connectivity index (χ4v) is 2.91. The molecule has 0 aliphatic carbocycles. The van der Waals surface area contributed by atoms with Gasteiger partial charge in [0.15, 0.2) is 11.5 Å². The van der Waals surface area contributed by atoms with Crippen LogP contribution in [0.4, 0.5) is 0 Å². The number of hydrogen-bond acceptors (Lipinski definition) is 4. The monoisotopic (exact) mass is 312 g/mol. The number of methoxy groups -OCH3 is 1. The summed E-state index contributed by atoms with van der Waals surface area (Å²) in [6.45, 7) is 8.94. The lowest BCUT2D eigenvalue weighted by Crippen LogP contribution is -2.48. The Hall–Kier alpha value is -0.970. The summed E-state index contributed by atoms with van der Waals surface area (Å²) in [7, 11) is 1.65. The second-order valence-electron chi connectivity index (χ2n) is 5.55. The first-order valence-electron chi connectivity index (χ1n) is 7.59. The molecule has 118 valence electrons. The van der Waals surface area contributed by atoms with Gasteiger partial charge in [0.25, 0.3) is 0 Å². The highest BCUT2D eigenvalue weighted by molar-refractivity contribution is 6.32. The highest BCUT2D eigenvalue weighted by Gasteiger charge is 2.18. The molecule has 1 fully saturated rings. The average Bonchev–Trinajstić information content (AvgIpc) is 2.45. The Balaban J connectivity index is 2.11. The summed E-state index contributed by atoms with van der Waals surface area (Å²) in [5, 5.41) is 4.08. The maximum atomic E-state index is 6.36. The molecule has 0 amide bonds. The van der Waals surface area contributed by atoms with Crippen LogP contribution in [0.5, 0.6) is 11.5 Å². The molecule has 1 aromatic rings. The zero-order valence-electron chi connectivity index (χ0n) is 13.1. The summed E-state index contributed by atoms with van der Waals surface area (Å²) >= 11 is 6.36. The number of ether oxygens (including phenoxy) is 2. The van der Waals surface area contributed by atoms with Crippen LogP contribution in [-0.4, -0.2) is 44.3 Å². The van der Waals surface area contributed by atoms with E-state index in [1.54, 1.807) is 7.11 Å². The number of hydrogen-bond donors (Lipinski definition) is 1. The van der Waals surface area contributed by atoms with Gasteiger partial charge in [0, 0.05) is 32.2 Å². The SMILES string of the molecule is CCCOc1c(Cl)cc(CN2CCNC(C)C2)cc1OC. The lowest BCUT2D eigenvalue weighted by Gasteiger charge is -2.32. The van der Waals surface area contributed by atoms with Gasteiger partial charge in [-0.1, -0.05) is 18.5 Å². The summed E-state index contributed by atoms with van der Waals surface area (Å²) in [6.07, 6.45) is 0.944. The summed E-state index contributed by atoms with van der Waals surface area (Å²) in [4.78, 5) is 2.43. The minimum atomic E-state index is 0.531. The maximum Gasteiger partial charge on any atom is 0.179 e. The van der Waals surface area contributed by atoms with Crippen LogP contribution in [-0.2, 0) is 6.54 Å². The summed E-state index contributed by atoms with van der Waals surface area (Å²) in [6, 6.07) is 4.55. The van der Waals surface area contributed by atoms with E-state index < -0.39 is 0 Å². The molecular weight excluding hydrogens is 288 g/mol. The molecule has 1 aliphatic heterocycles. The highest BCUT2D eigenvalue weighted by Crippen LogP contribution is 2.36. The predicted molar refractivity (Wildman–Crippen MR) is 86.5 cm³/mol. The lowest BCUT2D eigenvalue weighted by molar-refractivity contribution is 0.199. The quantitative estimate of drug-likeness (QED) is 0.875. The topological polar surface area (TPSA) is 33.7 Å². The molecule has 0 spiro atoms. The van der Waals surface area contributed by atoms with E-state index in [0.717, 1.165) is 38.2 Å². The van der Waals surface area contributed by atoms with Gasteiger partial charge in [0.2, 0.25) is 0 Å². The normalized spacial score (nSPS) is 19.5. The van der Waals surface area contributed by atoms with Crippen molar-refractivity contribution in [2.75, 3.05) is 33.4 Å². The van der Waals surface area contributed by atoms with E-state index in [1.165, 1.54) is 0 Å². The molecule has 1 unspecified atom stereocenters. The minimum absolute atomic E-state index is 0.531. The second-order valence-corrected chi connectivity index (χ2v) is 5.95. The van der Waals surface area contributed by atoms with Crippen molar-refractivity contribution in [1.29, 1.82) is 0 Å². The van der Waals surface area contributed by atoms with E-state index in [-0.39, 0.29) is 0 Å². The Kier molecular flexibility index (Phi) is 6.15. The van der Waals surface area contributed by atoms with E-state index in [2.05, 4.69) is 24.1 Å². The van der Waals surface area contributed by atoms with Crippen LogP contribution in [0.1, 0.15) is 25.8 Å². The maximum absolute atomic E-state index is 6.36. The van der Waals surface area contributed by atoms with Gasteiger partial charge in [-0.15, -0.1) is 0 Å². The van der Waals surface area contributed by atoms with E-state index in [0.29, 0.717) is 29.2 Å². The van der Waals surface area contributed by atoms with Gasteiger partial charge in [-0.3, -0.25) is 4.90 Å². The molecule has 0 bridgehead atoms. The Morgan fingerprint density at radius 3 is 2.90 bits per heavy atom. The van der Waals surface area contributed by atoms with Crippen LogP contribution in [0.2, 0.25) is 5.02 Å². The van der Waals surface area contributed by atoms with Gasteiger partial charge in [-0.2, -0.15) is 0 Å². The van der Waals surface area contributed by atoms with Crippen LogP contribution >= 0.6 is 11.6 Å². The fraction of sp³-hybridized carbons (Fsp3) is 0.625. The molecule has 1 atom stereocenters. The summed E-state index contributed by atoms with van der Waals surface area (Å²) < 4.78 is 11.1. The molecule has 1 aliphatic rings. The third-order valence-electron chi connectivity index (χ3n) is 3.60. The average molecular weight is 313 g/mol. The molecule has 5 heteroatoms. The van der Waals surface area contributed by atoms with Crippen molar-refractivity contribution in [3.63, 3.8) is 0 Å². The third-order valence-corrected chi connectivity index (χ3v) is 3.88. The van der Waals surface area contributed by atoms with Crippen molar-refractivity contribution < 1.29 is 9.47 Å². The van der Waals surface area contributed by atoms with Crippen LogP contribution in [0.25, 0.3) is 0 Å². The van der Waals surface area contributed by atoms with E-state index >= 15 is 0 Å². The molecule has 0 aromatic heterocycles. The van der Waals surface area contributed by atoms with Gasteiger partial charge in [0.1, 0.15) is 0 Å². The molecule has 0 radical (unpaired) electrons. The Morgan fingerprint density at radius 2 is 2.24 bits per heavy atom. The number of halogens is 1. The van der Waals surface area contributed by atoms with Gasteiger partial charge in [0.05, 0.1) is 18.7 Å². The number of nitrogens with one attached hydrogen (secondary N) is 1. The van der Waals surface area contributed by atoms with Crippen molar-refractivity contribution in [3.05, 3.63) is 22.7 Å². The number of rotatable bonds is 6. The summed E-state index contributed by atoms with van der Waals surface area (Å²) in [5.74, 6) is 1.37.